The van der Waals surface area contributed by atoms with E-state index in [9.17, 15) is 0 Å². The summed E-state index contributed by atoms with van der Waals surface area (Å²) in [5.41, 5.74) is 0. The van der Waals surface area contributed by atoms with E-state index in [1.807, 2.05) is 0 Å². The van der Waals surface area contributed by atoms with Crippen LogP contribution in [-0.4, -0.2) is 0 Å². The maximum absolute atomic E-state index is 8.55. The maximum Gasteiger partial charge on any atom is 1.00 e. The smallest absolute Gasteiger partial charge is 1.00 e. The number of hydrogen-bond donors (Lipinski definition) is 0. The summed E-state index contributed by atoms with van der Waals surface area (Å²) in [6.07, 6.45) is 0. The van der Waals surface area contributed by atoms with Gasteiger partial charge in [-0.05, 0) is 0 Å². The van der Waals surface area contributed by atoms with Gasteiger partial charge in [0.25, 0.3) is 0 Å². The van der Waals surface area contributed by atoms with Crippen molar-refractivity contribution in [1.29, 1.82) is 0 Å². The molecule has 0 spiro atoms. The Bertz CT molecular complexity index is 96.6. The first kappa shape index (κ1) is 112. The first-order valence-electron chi connectivity index (χ1n) is 0.730. The van der Waals surface area contributed by atoms with Crippen LogP contribution in [0.25, 0.3) is 0 Å². The zero-order chi connectivity index (χ0) is 4.50. The Labute approximate surface area is 472 Å². The van der Waals surface area contributed by atoms with Gasteiger partial charge in [0.2, 0.25) is 0 Å². The van der Waals surface area contributed by atoms with Crippen molar-refractivity contribution in [1.82, 2.24) is 0 Å². The molecule has 0 aromatic carbocycles. The number of hydrogen-bond acceptors (Lipinski definition) is 4. The van der Waals surface area contributed by atoms with Crippen molar-refractivity contribution in [3.63, 3.8) is 0 Å². The van der Waals surface area contributed by atoms with E-state index < -0.39 is 7.82 Å². The summed E-state index contributed by atoms with van der Waals surface area (Å²) in [4.78, 5) is 25.6. The van der Waals surface area contributed by atoms with Gasteiger partial charge in [0.1, 0.15) is 0 Å². The monoisotopic (exact) mass is 452 g/mol. The Morgan fingerprint density at radius 1 is 0.400 bits per heavy atom. The van der Waals surface area contributed by atoms with Gasteiger partial charge in [-0.2, -0.15) is 7.82 Å². The molecule has 0 rings (SSSR count). The predicted molar refractivity (Wildman–Crippen MR) is 21.0 cm³/mol. The van der Waals surface area contributed by atoms with E-state index in [0.717, 1.165) is 0 Å². The second kappa shape index (κ2) is 83.9. The molecule has 0 atom stereocenters. The Balaban J connectivity index is -0.000000000228. The molecule has 0 N–H and O–H groups in total. The van der Waals surface area contributed by atoms with Crippen molar-refractivity contribution < 1.29 is 480 Å². The van der Waals surface area contributed by atoms with Crippen LogP contribution < -0.4 is 458 Å². The summed E-state index contributed by atoms with van der Waals surface area (Å²) < 4.78 is 8.55. The second-order valence-corrected chi connectivity index (χ2v) is 1.34. The normalized spacial score (nSPS) is 2.95. The fourth-order valence-electron chi connectivity index (χ4n) is 0. The summed E-state index contributed by atoms with van der Waals surface area (Å²) in [5.74, 6) is 0. The summed E-state index contributed by atoms with van der Waals surface area (Å²) in [6, 6.07) is 0. The van der Waals surface area contributed by atoms with Gasteiger partial charge < -0.3 is 36.4 Å². The fraction of sp³-hybridized carbons (Fsp3) is 0. The minimum Gasteiger partial charge on any atom is -1.00 e. The van der Waals surface area contributed by atoms with Crippen LogP contribution in [0.15, 0.2) is 0 Å². The van der Waals surface area contributed by atoms with Crippen LogP contribution in [0.4, 0.5) is 0 Å². The molecule has 0 radical (unpaired) electrons. The molecule has 0 amide bonds. The second-order valence-electron chi connectivity index (χ2n) is 0.447. The van der Waals surface area contributed by atoms with E-state index in [1.54, 1.807) is 0 Å². The summed E-state index contributed by atoms with van der Waals surface area (Å²) in [7, 11) is -5.39. The van der Waals surface area contributed by atoms with Crippen LogP contribution in [0.1, 0.15) is 17.1 Å². The van der Waals surface area contributed by atoms with Crippen molar-refractivity contribution in [2.45, 2.75) is 0 Å². The Morgan fingerprint density at radius 3 is 0.400 bits per heavy atom. The molecule has 0 fully saturated rings. The van der Waals surface area contributed by atoms with Crippen molar-refractivity contribution in [2.75, 3.05) is 0 Å². The average Bonchev–Trinajstić information content (AvgIpc) is 0.722. The molecule has 56 valence electrons. The molecule has 0 heterocycles. The quantitative estimate of drug-likeness (QED) is 0.270. The zero-order valence-corrected chi connectivity index (χ0v) is 48.0. The van der Waals surface area contributed by atoms with Gasteiger partial charge in [-0.1, -0.05) is 0 Å². The van der Waals surface area contributed by atoms with E-state index >= 15 is 0 Å². The van der Waals surface area contributed by atoms with Gasteiger partial charge in [0, 0.05) is 0 Å². The third-order valence-corrected chi connectivity index (χ3v) is 0. The van der Waals surface area contributed by atoms with Crippen LogP contribution in [-0.2, 0) is 4.57 Å². The topological polar surface area (TPSA) is 86.2 Å². The molecule has 0 aliphatic rings. The van der Waals surface area contributed by atoms with Gasteiger partial charge in [0.15, 0.2) is 0 Å². The number of phosphoric acid groups is 1. The van der Waals surface area contributed by atoms with Gasteiger partial charge in [0.05, 0.1) is 0 Å². The summed E-state index contributed by atoms with van der Waals surface area (Å²) in [5, 5.41) is 0. The summed E-state index contributed by atoms with van der Waals surface area (Å²) >= 11 is 0. The first-order chi connectivity index (χ1) is 2.00. The van der Waals surface area contributed by atoms with E-state index in [4.69, 9.17) is 19.2 Å². The van der Waals surface area contributed by atoms with E-state index in [2.05, 4.69) is 0 Å². The van der Waals surface area contributed by atoms with Crippen molar-refractivity contribution in [3.05, 3.63) is 0 Å². The molecule has 0 saturated heterocycles. The number of rotatable bonds is 0. The predicted octanol–water partition coefficient (Wildman–Crippen LogP) is -46.4. The van der Waals surface area contributed by atoms with Crippen molar-refractivity contribution in [3.8, 4) is 0 Å². The Morgan fingerprint density at radius 2 is 0.400 bits per heavy atom. The molecule has 0 saturated carbocycles. The summed E-state index contributed by atoms with van der Waals surface area (Å²) in [6.45, 7) is 0. The maximum atomic E-state index is 8.55. The minimum absolute atomic E-state index is 0. The molecule has 4 nitrogen and oxygen atoms in total. The zero-order valence-electron chi connectivity index (χ0n) is 29.1. The van der Waals surface area contributed by atoms with Gasteiger partial charge in [-0.3, -0.25) is 0 Å². The molecule has 0 bridgehead atoms. The third kappa shape index (κ3) is 150. The van der Waals surface area contributed by atoms with E-state index in [0.29, 0.717) is 0 Å². The minimum atomic E-state index is -5.39. The average molecular weight is 452 g/mol. The molecule has 0 aromatic heterocycles. The molecular weight excluding hydrogens is 440 g/mol. The van der Waals surface area contributed by atoms with Gasteiger partial charge >= 0.3 is 443 Å². The van der Waals surface area contributed by atoms with Crippen LogP contribution in [0.5, 0.6) is 0 Å². The molecule has 0 aromatic rings. The van der Waals surface area contributed by atoms with Gasteiger partial charge in [-0.15, -0.1) is 0 Å². The fourth-order valence-corrected chi connectivity index (χ4v) is 0. The molecule has 20 heavy (non-hydrogen) atoms. The standard InChI is InChI=1S/15Na.H3O4P.12H/c;;;;;;;;;;;;;;;1-5(2,3)4;;;;;;;;;;;;/h;;;;;;;;;;;;;;;(H3,1,2,3,4);;;;;;;;;;;;/q15*+1;;12*-1/p-3. The van der Waals surface area contributed by atoms with Crippen molar-refractivity contribution in [2.24, 2.45) is 0 Å². The molecule has 0 unspecified atom stereocenters. The van der Waals surface area contributed by atoms with E-state index in [-0.39, 0.29) is 460 Å². The van der Waals surface area contributed by atoms with E-state index in [1.165, 1.54) is 0 Å². The van der Waals surface area contributed by atoms with Crippen LogP contribution in [0.2, 0.25) is 0 Å². The molecular formula is H12Na15O4P. The Kier molecular flexibility index (Phi) is 469. The largest absolute Gasteiger partial charge is 1.00 e. The SMILES string of the molecule is O=P([O-])([O-])[O-].[H-].[H-].[H-].[H-].[H-].[H-].[H-].[H-].[H-].[H-].[H-].[H-].[Na+].[Na+].[Na+].[Na+].[Na+].[Na+].[Na+].[Na+].[Na+].[Na+].[Na+].[Na+].[Na+].[Na+].[Na+]. The third-order valence-electron chi connectivity index (χ3n) is 0. The molecule has 0 aliphatic carbocycles. The van der Waals surface area contributed by atoms with Crippen LogP contribution >= 0.6 is 7.82 Å². The molecule has 20 heteroatoms. The first-order valence-corrected chi connectivity index (χ1v) is 2.19. The van der Waals surface area contributed by atoms with Crippen LogP contribution in [0.3, 0.4) is 0 Å². The molecule has 0 aliphatic heterocycles. The van der Waals surface area contributed by atoms with Gasteiger partial charge in [-0.25, -0.2) is 0 Å². The van der Waals surface area contributed by atoms with Crippen molar-refractivity contribution >= 4 is 7.82 Å². The van der Waals surface area contributed by atoms with Crippen LogP contribution in [0, 0.1) is 0 Å². The Hall–Kier alpha value is 15.1.